The highest BCUT2D eigenvalue weighted by molar-refractivity contribution is 5.79. The zero-order valence-corrected chi connectivity index (χ0v) is 18.2. The van der Waals surface area contributed by atoms with Crippen molar-refractivity contribution in [1.29, 1.82) is 0 Å². The summed E-state index contributed by atoms with van der Waals surface area (Å²) >= 11 is 0. The topological polar surface area (TPSA) is 12.4 Å². The molecule has 162 valence electrons. The lowest BCUT2D eigenvalue weighted by Gasteiger charge is -2.36. The van der Waals surface area contributed by atoms with E-state index in [1.54, 1.807) is 6.07 Å². The molecule has 1 nitrogen and oxygen atoms in total. The molecule has 0 heterocycles. The van der Waals surface area contributed by atoms with Gasteiger partial charge in [0.25, 0.3) is 6.43 Å². The number of nitrogens with zero attached hydrogens (tertiary/aromatic N) is 1. The molecule has 1 fully saturated rings. The van der Waals surface area contributed by atoms with Gasteiger partial charge in [-0.2, -0.15) is 0 Å². The summed E-state index contributed by atoms with van der Waals surface area (Å²) in [7, 11) is 0. The summed E-state index contributed by atoms with van der Waals surface area (Å²) < 4.78 is 39.2. The highest BCUT2D eigenvalue weighted by atomic mass is 19.3. The van der Waals surface area contributed by atoms with Gasteiger partial charge < -0.3 is 0 Å². The van der Waals surface area contributed by atoms with Gasteiger partial charge in [0, 0.05) is 6.21 Å². The fourth-order valence-corrected chi connectivity index (χ4v) is 3.92. The largest absolute Gasteiger partial charge is 0.266 e. The minimum Gasteiger partial charge on any atom is -0.257 e. The normalized spacial score (nSPS) is 20.0. The zero-order valence-electron chi connectivity index (χ0n) is 18.2. The van der Waals surface area contributed by atoms with E-state index < -0.39 is 17.8 Å². The van der Waals surface area contributed by atoms with Gasteiger partial charge in [-0.25, -0.2) is 13.2 Å². The number of alkyl halides is 2. The minimum atomic E-state index is -2.78. The molecule has 0 aromatic heterocycles. The molecular weight excluding hydrogens is 383 g/mol. The van der Waals surface area contributed by atoms with Crippen LogP contribution >= 0.6 is 0 Å². The summed E-state index contributed by atoms with van der Waals surface area (Å²) in [5.41, 5.74) is 4.37. The molecule has 0 atom stereocenters. The molecule has 0 unspecified atom stereocenters. The molecule has 0 saturated heterocycles. The Bertz CT molecular complexity index is 855. The minimum absolute atomic E-state index is 0.224. The van der Waals surface area contributed by atoms with Gasteiger partial charge in [0.05, 0.1) is 11.3 Å². The predicted molar refractivity (Wildman–Crippen MR) is 121 cm³/mol. The summed E-state index contributed by atoms with van der Waals surface area (Å²) in [5, 5.41) is 0. The molecule has 4 heteroatoms. The fraction of sp³-hybridized carbons (Fsp3) is 0.423. The van der Waals surface area contributed by atoms with Crippen molar-refractivity contribution in [3.05, 3.63) is 82.9 Å². The Kier molecular flexibility index (Phi) is 8.88. The first-order chi connectivity index (χ1) is 14.2. The second-order valence-corrected chi connectivity index (χ2v) is 8.18. The van der Waals surface area contributed by atoms with Crippen LogP contribution < -0.4 is 0 Å². The van der Waals surface area contributed by atoms with Gasteiger partial charge in [0.2, 0.25) is 0 Å². The van der Waals surface area contributed by atoms with Crippen molar-refractivity contribution >= 4 is 6.21 Å². The van der Waals surface area contributed by atoms with Crippen molar-refractivity contribution in [3.63, 3.8) is 0 Å². The van der Waals surface area contributed by atoms with Gasteiger partial charge in [-0.1, -0.05) is 56.4 Å². The molecule has 1 aliphatic carbocycles. The number of allylic oxidation sites excluding steroid dienone is 5. The third-order valence-electron chi connectivity index (χ3n) is 5.45. The first-order valence-corrected chi connectivity index (χ1v) is 10.6. The van der Waals surface area contributed by atoms with Gasteiger partial charge in [-0.15, -0.1) is 0 Å². The fourth-order valence-electron chi connectivity index (χ4n) is 3.92. The molecule has 0 bridgehead atoms. The highest BCUT2D eigenvalue weighted by Gasteiger charge is 2.31. The number of aliphatic imine (C=N–C) groups is 1. The average Bonchev–Trinajstić information content (AvgIpc) is 2.64. The van der Waals surface area contributed by atoms with Crippen molar-refractivity contribution in [3.8, 4) is 0 Å². The molecule has 0 radical (unpaired) electrons. The van der Waals surface area contributed by atoms with Crippen molar-refractivity contribution in [2.75, 3.05) is 0 Å². The van der Waals surface area contributed by atoms with Gasteiger partial charge in [0.15, 0.2) is 0 Å². The van der Waals surface area contributed by atoms with Crippen LogP contribution in [-0.2, 0) is 0 Å². The lowest BCUT2D eigenvalue weighted by Crippen LogP contribution is -2.22. The van der Waals surface area contributed by atoms with Crippen LogP contribution in [0.3, 0.4) is 0 Å². The van der Waals surface area contributed by atoms with Crippen molar-refractivity contribution < 1.29 is 13.2 Å². The van der Waals surface area contributed by atoms with E-state index in [2.05, 4.69) is 31.2 Å². The summed E-state index contributed by atoms with van der Waals surface area (Å²) in [6.45, 7) is 14.2. The van der Waals surface area contributed by atoms with E-state index in [1.807, 2.05) is 26.1 Å². The maximum atomic E-state index is 13.8. The molecule has 0 spiro atoms. The Morgan fingerprint density at radius 2 is 1.97 bits per heavy atom. The molecule has 30 heavy (non-hydrogen) atoms. The van der Waals surface area contributed by atoms with Crippen LogP contribution in [0.25, 0.3) is 0 Å². The van der Waals surface area contributed by atoms with Crippen LogP contribution in [0.15, 0.2) is 70.9 Å². The van der Waals surface area contributed by atoms with Gasteiger partial charge in [0.1, 0.15) is 5.82 Å². The molecule has 0 aliphatic heterocycles. The van der Waals surface area contributed by atoms with Gasteiger partial charge in [-0.3, -0.25) is 4.99 Å². The predicted octanol–water partition coefficient (Wildman–Crippen LogP) is 8.48. The Morgan fingerprint density at radius 3 is 2.50 bits per heavy atom. The highest BCUT2D eigenvalue weighted by Crippen LogP contribution is 2.44. The zero-order chi connectivity index (χ0) is 22.3. The Morgan fingerprint density at radius 1 is 1.27 bits per heavy atom. The number of hydrogen-bond donors (Lipinski definition) is 0. The van der Waals surface area contributed by atoms with Crippen LogP contribution in [0.1, 0.15) is 76.3 Å². The second-order valence-electron chi connectivity index (χ2n) is 8.18. The van der Waals surface area contributed by atoms with Crippen molar-refractivity contribution in [1.82, 2.24) is 0 Å². The third-order valence-corrected chi connectivity index (χ3v) is 5.45. The van der Waals surface area contributed by atoms with Crippen LogP contribution in [0.2, 0.25) is 0 Å². The quantitative estimate of drug-likeness (QED) is 0.268. The molecule has 1 saturated carbocycles. The van der Waals surface area contributed by atoms with Crippen LogP contribution in [0.5, 0.6) is 0 Å². The number of rotatable bonds is 10. The monoisotopic (exact) mass is 415 g/mol. The standard InChI is InChI=1S/C26H32F3N/c1-6-8-21(11-17(3)4)25(7-2)30-16-18(5)12-19-13-22(14-19)20-9-10-23(26(28)29)24(27)15-20/h7,9-11,15-16,19,22,26H,3,5-6,8,12-14H2,1-2,4H3/b21-11+,25-7-,30-16?. The number of hydrogen-bond acceptors (Lipinski definition) is 1. The second kappa shape index (κ2) is 11.1. The third kappa shape index (κ3) is 6.58. The summed E-state index contributed by atoms with van der Waals surface area (Å²) in [4.78, 5) is 4.65. The number of benzene rings is 1. The van der Waals surface area contributed by atoms with Gasteiger partial charge >= 0.3 is 0 Å². The first kappa shape index (κ1) is 23.9. The molecule has 0 amide bonds. The Labute approximate surface area is 178 Å². The first-order valence-electron chi connectivity index (χ1n) is 10.6. The van der Waals surface area contributed by atoms with E-state index in [-0.39, 0.29) is 5.92 Å². The van der Waals surface area contributed by atoms with Gasteiger partial charge in [-0.05, 0) is 74.1 Å². The van der Waals surface area contributed by atoms with E-state index in [1.165, 1.54) is 17.7 Å². The van der Waals surface area contributed by atoms with E-state index in [0.717, 1.165) is 54.5 Å². The average molecular weight is 416 g/mol. The van der Waals surface area contributed by atoms with Crippen molar-refractivity contribution in [2.45, 2.75) is 65.2 Å². The molecular formula is C26H32F3N. The maximum absolute atomic E-state index is 13.8. The molecule has 1 aromatic carbocycles. The summed E-state index contributed by atoms with van der Waals surface area (Å²) in [6.07, 6.45) is 7.78. The van der Waals surface area contributed by atoms with E-state index in [4.69, 9.17) is 0 Å². The lowest BCUT2D eigenvalue weighted by molar-refractivity contribution is 0.146. The van der Waals surface area contributed by atoms with E-state index in [9.17, 15) is 13.2 Å². The molecule has 1 aliphatic rings. The van der Waals surface area contributed by atoms with Crippen molar-refractivity contribution in [2.24, 2.45) is 10.9 Å². The molecule has 2 rings (SSSR count). The molecule has 1 aromatic rings. The SMILES string of the molecule is C=C(C)/C=C(CCC)/C(=C/C)N=CC(=C)CC1CC(c2ccc(C(F)F)c(F)c2)C1. The Hall–Kier alpha value is -2.36. The van der Waals surface area contributed by atoms with E-state index >= 15 is 0 Å². The molecule has 0 N–H and O–H groups in total. The van der Waals surface area contributed by atoms with Crippen LogP contribution in [0.4, 0.5) is 13.2 Å². The Balaban J connectivity index is 1.91. The van der Waals surface area contributed by atoms with Crippen LogP contribution in [-0.4, -0.2) is 6.21 Å². The summed E-state index contributed by atoms with van der Waals surface area (Å²) in [5.74, 6) is -0.129. The number of halogens is 3. The maximum Gasteiger partial charge on any atom is 0.266 e. The summed E-state index contributed by atoms with van der Waals surface area (Å²) in [6, 6.07) is 4.10. The lowest BCUT2D eigenvalue weighted by atomic mass is 9.69. The smallest absolute Gasteiger partial charge is 0.257 e. The van der Waals surface area contributed by atoms with Crippen LogP contribution in [0, 0.1) is 11.7 Å². The van der Waals surface area contributed by atoms with E-state index in [0.29, 0.717) is 5.92 Å².